The molecule has 130 valence electrons. The van der Waals surface area contributed by atoms with E-state index in [1.54, 1.807) is 23.1 Å². The average Bonchev–Trinajstić information content (AvgIpc) is 3.17. The molecule has 0 unspecified atom stereocenters. The van der Waals surface area contributed by atoms with Gasteiger partial charge in [-0.25, -0.2) is 0 Å². The van der Waals surface area contributed by atoms with Crippen molar-refractivity contribution in [2.24, 2.45) is 7.05 Å². The first kappa shape index (κ1) is 17.6. The molecule has 7 heteroatoms. The Hall–Kier alpha value is -2.25. The summed E-state index contributed by atoms with van der Waals surface area (Å²) in [6.45, 7) is -0.0651. The molecule has 3 aromatic rings. The van der Waals surface area contributed by atoms with E-state index in [4.69, 9.17) is 0 Å². The molecule has 2 heterocycles. The van der Waals surface area contributed by atoms with Crippen LogP contribution in [0.1, 0.15) is 16.1 Å². The highest BCUT2D eigenvalue weighted by atomic mass is 32.2. The Bertz CT molecular complexity index is 914. The van der Waals surface area contributed by atoms with E-state index in [9.17, 15) is 9.59 Å². The molecule has 0 aliphatic rings. The van der Waals surface area contributed by atoms with E-state index in [2.05, 4.69) is 10.6 Å². The van der Waals surface area contributed by atoms with Crippen LogP contribution in [0.2, 0.25) is 0 Å². The largest absolute Gasteiger partial charge is 0.342 e. The van der Waals surface area contributed by atoms with E-state index in [1.165, 1.54) is 0 Å². The number of anilines is 1. The minimum absolute atomic E-state index is 0.0651. The molecule has 0 radical (unpaired) electrons. The molecule has 0 aliphatic heterocycles. The van der Waals surface area contributed by atoms with Crippen LogP contribution in [0.15, 0.2) is 41.8 Å². The van der Waals surface area contributed by atoms with Crippen molar-refractivity contribution in [1.29, 1.82) is 0 Å². The van der Waals surface area contributed by atoms with Gasteiger partial charge in [0.05, 0.1) is 16.8 Å². The minimum Gasteiger partial charge on any atom is -0.342 e. The molecule has 0 fully saturated rings. The second-order valence-corrected chi connectivity index (χ2v) is 7.44. The van der Waals surface area contributed by atoms with Gasteiger partial charge in [-0.15, -0.1) is 11.3 Å². The number of fused-ring (bicyclic) bond motifs is 1. The summed E-state index contributed by atoms with van der Waals surface area (Å²) < 4.78 is 2.90. The molecule has 0 aliphatic carbocycles. The van der Waals surface area contributed by atoms with Crippen LogP contribution in [-0.4, -0.2) is 29.2 Å². The van der Waals surface area contributed by atoms with Gasteiger partial charge in [-0.1, -0.05) is 12.1 Å². The lowest BCUT2D eigenvalue weighted by atomic mass is 10.2. The number of aryl methyl sites for hydroxylation is 1. The van der Waals surface area contributed by atoms with E-state index in [0.29, 0.717) is 5.69 Å². The van der Waals surface area contributed by atoms with E-state index >= 15 is 0 Å². The van der Waals surface area contributed by atoms with Crippen molar-refractivity contribution in [1.82, 2.24) is 9.88 Å². The fourth-order valence-electron chi connectivity index (χ4n) is 2.63. The zero-order valence-corrected chi connectivity index (χ0v) is 15.7. The number of carbonyl (C=O) groups excluding carboxylic acids is 2. The highest BCUT2D eigenvalue weighted by Crippen LogP contribution is 2.24. The minimum atomic E-state index is -0.253. The first-order valence-corrected chi connectivity index (χ1v) is 10.0. The number of benzene rings is 1. The van der Waals surface area contributed by atoms with Gasteiger partial charge in [0.25, 0.3) is 5.91 Å². The van der Waals surface area contributed by atoms with Gasteiger partial charge >= 0.3 is 0 Å². The van der Waals surface area contributed by atoms with Gasteiger partial charge in [0.1, 0.15) is 5.69 Å². The van der Waals surface area contributed by atoms with Crippen LogP contribution in [0.3, 0.4) is 0 Å². The molecule has 5 nitrogen and oxygen atoms in total. The third-order valence-corrected chi connectivity index (χ3v) is 5.30. The van der Waals surface area contributed by atoms with E-state index in [0.717, 1.165) is 27.2 Å². The molecule has 2 amide bonds. The summed E-state index contributed by atoms with van der Waals surface area (Å²) in [7, 11) is 1.85. The molecule has 0 saturated carbocycles. The second kappa shape index (κ2) is 7.76. The standard InChI is InChI=1S/C18H19N3O2S2/c1-21-14-6-7-25-16(14)9-15(21)18(23)19-10-17(22)20-13-5-3-4-12(8-13)11-24-2/h3-9H,10-11H2,1-2H3,(H,19,23)(H,20,22). The number of nitrogens with zero attached hydrogens (tertiary/aromatic N) is 1. The molecule has 2 aromatic heterocycles. The van der Waals surface area contributed by atoms with Crippen molar-refractivity contribution in [3.63, 3.8) is 0 Å². The third kappa shape index (κ3) is 4.05. The normalized spacial score (nSPS) is 10.8. The van der Waals surface area contributed by atoms with Crippen LogP contribution in [0.4, 0.5) is 5.69 Å². The lowest BCUT2D eigenvalue weighted by Gasteiger charge is -2.09. The number of amides is 2. The summed E-state index contributed by atoms with van der Waals surface area (Å²) in [6.07, 6.45) is 2.04. The van der Waals surface area contributed by atoms with Crippen molar-refractivity contribution in [2.75, 3.05) is 18.1 Å². The number of hydrogen-bond donors (Lipinski definition) is 2. The Morgan fingerprint density at radius 3 is 2.84 bits per heavy atom. The fraction of sp³-hybridized carbons (Fsp3) is 0.222. The Balaban J connectivity index is 1.58. The number of aromatic nitrogens is 1. The van der Waals surface area contributed by atoms with Crippen LogP contribution in [0, 0.1) is 0 Å². The lowest BCUT2D eigenvalue weighted by Crippen LogP contribution is -2.33. The Labute approximate surface area is 154 Å². The zero-order chi connectivity index (χ0) is 17.8. The van der Waals surface area contributed by atoms with Gasteiger partial charge in [0.15, 0.2) is 0 Å². The van der Waals surface area contributed by atoms with E-state index < -0.39 is 0 Å². The van der Waals surface area contributed by atoms with Gasteiger partial charge in [-0.3, -0.25) is 9.59 Å². The maximum absolute atomic E-state index is 12.3. The monoisotopic (exact) mass is 373 g/mol. The number of nitrogens with one attached hydrogen (secondary N) is 2. The topological polar surface area (TPSA) is 63.1 Å². The average molecular weight is 374 g/mol. The van der Waals surface area contributed by atoms with Gasteiger partial charge in [-0.2, -0.15) is 11.8 Å². The predicted molar refractivity (Wildman–Crippen MR) is 105 cm³/mol. The number of thioether (sulfide) groups is 1. The summed E-state index contributed by atoms with van der Waals surface area (Å²) in [5.41, 5.74) is 3.46. The highest BCUT2D eigenvalue weighted by molar-refractivity contribution is 7.97. The third-order valence-electron chi connectivity index (χ3n) is 3.83. The Kier molecular flexibility index (Phi) is 5.45. The van der Waals surface area contributed by atoms with Gasteiger partial charge in [-0.05, 0) is 41.5 Å². The maximum Gasteiger partial charge on any atom is 0.268 e. The Morgan fingerprint density at radius 2 is 2.08 bits per heavy atom. The van der Waals surface area contributed by atoms with Gasteiger partial charge in [0, 0.05) is 18.5 Å². The van der Waals surface area contributed by atoms with Crippen LogP contribution in [0.25, 0.3) is 10.2 Å². The van der Waals surface area contributed by atoms with Crippen LogP contribution in [-0.2, 0) is 17.6 Å². The van der Waals surface area contributed by atoms with Crippen molar-refractivity contribution in [3.8, 4) is 0 Å². The molecule has 0 bridgehead atoms. The number of hydrogen-bond acceptors (Lipinski definition) is 4. The zero-order valence-electron chi connectivity index (χ0n) is 14.0. The predicted octanol–water partition coefficient (Wildman–Crippen LogP) is 3.47. The highest BCUT2D eigenvalue weighted by Gasteiger charge is 2.15. The molecular formula is C18H19N3O2S2. The molecule has 2 N–H and O–H groups in total. The second-order valence-electron chi connectivity index (χ2n) is 5.62. The molecule has 1 aromatic carbocycles. The first-order valence-electron chi connectivity index (χ1n) is 7.77. The molecule has 0 spiro atoms. The van der Waals surface area contributed by atoms with E-state index in [1.807, 2.05) is 59.6 Å². The fourth-order valence-corrected chi connectivity index (χ4v) is 3.99. The SMILES string of the molecule is CSCc1cccc(NC(=O)CNC(=O)c2cc3sccc3n2C)c1. The van der Waals surface area contributed by atoms with Crippen molar-refractivity contribution < 1.29 is 9.59 Å². The summed E-state index contributed by atoms with van der Waals surface area (Å²) in [6, 6.07) is 11.5. The Morgan fingerprint density at radius 1 is 1.24 bits per heavy atom. The quantitative estimate of drug-likeness (QED) is 0.695. The van der Waals surface area contributed by atoms with Crippen LogP contribution < -0.4 is 10.6 Å². The lowest BCUT2D eigenvalue weighted by molar-refractivity contribution is -0.115. The van der Waals surface area contributed by atoms with Crippen LogP contribution in [0.5, 0.6) is 0 Å². The van der Waals surface area contributed by atoms with Gasteiger partial charge in [0.2, 0.25) is 5.91 Å². The number of rotatable bonds is 6. The molecule has 0 atom stereocenters. The maximum atomic E-state index is 12.3. The molecule has 3 rings (SSSR count). The van der Waals surface area contributed by atoms with Gasteiger partial charge < -0.3 is 15.2 Å². The summed E-state index contributed by atoms with van der Waals surface area (Å²) in [4.78, 5) is 24.4. The number of thiophene rings is 1. The van der Waals surface area contributed by atoms with Crippen molar-refractivity contribution in [3.05, 3.63) is 53.0 Å². The van der Waals surface area contributed by atoms with Crippen LogP contribution >= 0.6 is 23.1 Å². The first-order chi connectivity index (χ1) is 12.1. The summed E-state index contributed by atoms with van der Waals surface area (Å²) in [5.74, 6) is 0.397. The summed E-state index contributed by atoms with van der Waals surface area (Å²) in [5, 5.41) is 7.49. The molecule has 25 heavy (non-hydrogen) atoms. The van der Waals surface area contributed by atoms with E-state index in [-0.39, 0.29) is 18.4 Å². The molecular weight excluding hydrogens is 354 g/mol. The van der Waals surface area contributed by atoms with Crippen molar-refractivity contribution >= 4 is 50.8 Å². The molecule has 0 saturated heterocycles. The van der Waals surface area contributed by atoms with Crippen molar-refractivity contribution in [2.45, 2.75) is 5.75 Å². The smallest absolute Gasteiger partial charge is 0.268 e. The number of carbonyl (C=O) groups is 2. The summed E-state index contributed by atoms with van der Waals surface area (Å²) >= 11 is 3.32.